The molecule has 0 aliphatic heterocycles. The van der Waals surface area contributed by atoms with E-state index >= 15 is 0 Å². The number of carbonyl (C=O) groups is 1. The third-order valence-electron chi connectivity index (χ3n) is 3.60. The highest BCUT2D eigenvalue weighted by atomic mass is 79.9. The Morgan fingerprint density at radius 1 is 1.30 bits per heavy atom. The molecule has 3 rings (SSSR count). The Hall–Kier alpha value is -2.95. The van der Waals surface area contributed by atoms with Crippen molar-refractivity contribution in [1.29, 1.82) is 5.26 Å². The Labute approximate surface area is 168 Å². The van der Waals surface area contributed by atoms with E-state index in [0.717, 1.165) is 5.56 Å². The molecule has 0 bridgehead atoms. The molecule has 0 saturated heterocycles. The summed E-state index contributed by atoms with van der Waals surface area (Å²) in [6.45, 7) is 1.83. The molecule has 2 aromatic heterocycles. The number of amides is 1. The van der Waals surface area contributed by atoms with Gasteiger partial charge in [-0.2, -0.15) is 5.26 Å². The number of pyridine rings is 2. The van der Waals surface area contributed by atoms with Gasteiger partial charge in [0.05, 0.1) is 5.56 Å². The van der Waals surface area contributed by atoms with Gasteiger partial charge in [0.1, 0.15) is 22.5 Å². The number of nitrogens with one attached hydrogen (secondary N) is 1. The number of aryl methyl sites for hydroxylation is 1. The number of ether oxygens (including phenoxy) is 1. The molecule has 8 heteroatoms. The highest BCUT2D eigenvalue weighted by molar-refractivity contribution is 9.10. The van der Waals surface area contributed by atoms with Crippen LogP contribution in [0.1, 0.15) is 21.5 Å². The summed E-state index contributed by atoms with van der Waals surface area (Å²) in [4.78, 5) is 20.5. The zero-order valence-corrected chi connectivity index (χ0v) is 16.4. The van der Waals surface area contributed by atoms with Gasteiger partial charge in [-0.3, -0.25) is 4.79 Å². The van der Waals surface area contributed by atoms with Crippen molar-refractivity contribution >= 4 is 39.1 Å². The Balaban J connectivity index is 1.80. The fourth-order valence-corrected chi connectivity index (χ4v) is 2.80. The number of anilines is 1. The molecule has 1 aromatic carbocycles. The number of benzene rings is 1. The van der Waals surface area contributed by atoms with E-state index in [1.54, 1.807) is 42.6 Å². The molecule has 0 aliphatic carbocycles. The number of aromatic nitrogens is 2. The average molecular weight is 444 g/mol. The SMILES string of the molecule is Cc1cc(Oc2ncccc2C#N)ccc1NC(=O)c1cc(Br)cnc1Cl. The van der Waals surface area contributed by atoms with Gasteiger partial charge in [-0.05, 0) is 64.8 Å². The predicted molar refractivity (Wildman–Crippen MR) is 105 cm³/mol. The van der Waals surface area contributed by atoms with Crippen molar-refractivity contribution < 1.29 is 9.53 Å². The summed E-state index contributed by atoms with van der Waals surface area (Å²) in [7, 11) is 0. The highest BCUT2D eigenvalue weighted by Gasteiger charge is 2.14. The maximum Gasteiger partial charge on any atom is 0.258 e. The molecule has 0 saturated carbocycles. The maximum atomic E-state index is 12.5. The zero-order chi connectivity index (χ0) is 19.4. The van der Waals surface area contributed by atoms with E-state index in [2.05, 4.69) is 31.2 Å². The van der Waals surface area contributed by atoms with Gasteiger partial charge in [-0.15, -0.1) is 0 Å². The van der Waals surface area contributed by atoms with Crippen LogP contribution in [0.4, 0.5) is 5.69 Å². The monoisotopic (exact) mass is 442 g/mol. The topological polar surface area (TPSA) is 87.9 Å². The minimum Gasteiger partial charge on any atom is -0.438 e. The lowest BCUT2D eigenvalue weighted by Crippen LogP contribution is -2.14. The van der Waals surface area contributed by atoms with E-state index in [1.807, 2.05) is 13.0 Å². The molecule has 6 nitrogen and oxygen atoms in total. The molecular formula is C19H12BrClN4O2. The molecule has 3 aromatic rings. The minimum atomic E-state index is -0.373. The molecule has 0 atom stereocenters. The van der Waals surface area contributed by atoms with Crippen LogP contribution >= 0.6 is 27.5 Å². The molecule has 27 heavy (non-hydrogen) atoms. The van der Waals surface area contributed by atoms with E-state index < -0.39 is 0 Å². The van der Waals surface area contributed by atoms with Crippen LogP contribution < -0.4 is 10.1 Å². The summed E-state index contributed by atoms with van der Waals surface area (Å²) < 4.78 is 6.33. The van der Waals surface area contributed by atoms with E-state index in [4.69, 9.17) is 21.6 Å². The van der Waals surface area contributed by atoms with Crippen molar-refractivity contribution in [2.45, 2.75) is 6.92 Å². The molecule has 134 valence electrons. The second-order valence-corrected chi connectivity index (χ2v) is 6.77. The van der Waals surface area contributed by atoms with Gasteiger partial charge in [0.15, 0.2) is 0 Å². The molecule has 0 aliphatic rings. The number of nitriles is 1. The lowest BCUT2D eigenvalue weighted by atomic mass is 10.1. The van der Waals surface area contributed by atoms with Crippen molar-refractivity contribution in [3.05, 3.63) is 75.1 Å². The van der Waals surface area contributed by atoms with Crippen LogP contribution in [0.2, 0.25) is 5.15 Å². The van der Waals surface area contributed by atoms with Crippen LogP contribution in [-0.2, 0) is 0 Å². The molecule has 0 spiro atoms. The van der Waals surface area contributed by atoms with Gasteiger partial charge in [0.25, 0.3) is 5.91 Å². The highest BCUT2D eigenvalue weighted by Crippen LogP contribution is 2.27. The van der Waals surface area contributed by atoms with Crippen molar-refractivity contribution in [1.82, 2.24) is 9.97 Å². The molecule has 1 amide bonds. The van der Waals surface area contributed by atoms with Crippen LogP contribution in [0.15, 0.2) is 53.3 Å². The van der Waals surface area contributed by atoms with E-state index in [1.165, 1.54) is 6.20 Å². The first-order chi connectivity index (χ1) is 13.0. The number of hydrogen-bond acceptors (Lipinski definition) is 5. The quantitative estimate of drug-likeness (QED) is 0.566. The fraction of sp³-hybridized carbons (Fsp3) is 0.0526. The van der Waals surface area contributed by atoms with Gasteiger partial charge in [0, 0.05) is 22.6 Å². The van der Waals surface area contributed by atoms with Crippen molar-refractivity contribution in [2.24, 2.45) is 0 Å². The largest absolute Gasteiger partial charge is 0.438 e. The molecular weight excluding hydrogens is 432 g/mol. The lowest BCUT2D eigenvalue weighted by molar-refractivity contribution is 0.102. The molecule has 0 fully saturated rings. The summed E-state index contributed by atoms with van der Waals surface area (Å²) in [5.74, 6) is 0.355. The van der Waals surface area contributed by atoms with Crippen LogP contribution in [-0.4, -0.2) is 15.9 Å². The summed E-state index contributed by atoms with van der Waals surface area (Å²) in [6.07, 6.45) is 3.07. The van der Waals surface area contributed by atoms with Gasteiger partial charge < -0.3 is 10.1 Å². The van der Waals surface area contributed by atoms with E-state index in [-0.39, 0.29) is 22.5 Å². The number of carbonyl (C=O) groups excluding carboxylic acids is 1. The van der Waals surface area contributed by atoms with Crippen LogP contribution in [0.5, 0.6) is 11.6 Å². The van der Waals surface area contributed by atoms with Crippen molar-refractivity contribution in [3.63, 3.8) is 0 Å². The summed E-state index contributed by atoms with van der Waals surface area (Å²) in [5, 5.41) is 12.0. The second-order valence-electron chi connectivity index (χ2n) is 5.49. The van der Waals surface area contributed by atoms with Crippen LogP contribution in [0.25, 0.3) is 0 Å². The maximum absolute atomic E-state index is 12.5. The first kappa shape index (κ1) is 18.8. The van der Waals surface area contributed by atoms with Crippen molar-refractivity contribution in [3.8, 4) is 17.7 Å². The fourth-order valence-electron chi connectivity index (χ4n) is 2.28. The Morgan fingerprint density at radius 3 is 2.85 bits per heavy atom. The first-order valence-electron chi connectivity index (χ1n) is 7.74. The third kappa shape index (κ3) is 4.42. The summed E-state index contributed by atoms with van der Waals surface area (Å²) >= 11 is 9.27. The predicted octanol–water partition coefficient (Wildman–Crippen LogP) is 5.12. The Morgan fingerprint density at radius 2 is 2.11 bits per heavy atom. The summed E-state index contributed by atoms with van der Waals surface area (Å²) in [5.41, 5.74) is 1.97. The number of rotatable bonds is 4. The molecule has 0 radical (unpaired) electrons. The van der Waals surface area contributed by atoms with Gasteiger partial charge >= 0.3 is 0 Å². The zero-order valence-electron chi connectivity index (χ0n) is 14.0. The number of hydrogen-bond donors (Lipinski definition) is 1. The first-order valence-corrected chi connectivity index (χ1v) is 8.91. The van der Waals surface area contributed by atoms with E-state index in [0.29, 0.717) is 21.5 Å². The van der Waals surface area contributed by atoms with Crippen LogP contribution in [0.3, 0.4) is 0 Å². The minimum absolute atomic E-state index is 0.118. The standard InChI is InChI=1S/C19H12BrClN4O2/c1-11-7-14(27-19-12(9-22)3-2-6-23-19)4-5-16(11)25-18(26)15-8-13(20)10-24-17(15)21/h2-8,10H,1H3,(H,25,26). The average Bonchev–Trinajstić information content (AvgIpc) is 2.66. The third-order valence-corrected chi connectivity index (χ3v) is 4.34. The molecule has 1 N–H and O–H groups in total. The second kappa shape index (κ2) is 8.16. The smallest absolute Gasteiger partial charge is 0.258 e. The lowest BCUT2D eigenvalue weighted by Gasteiger charge is -2.12. The molecule has 0 unspecified atom stereocenters. The summed E-state index contributed by atoms with van der Waals surface area (Å²) in [6, 6.07) is 12.0. The number of nitrogens with zero attached hydrogens (tertiary/aromatic N) is 3. The van der Waals surface area contributed by atoms with E-state index in [9.17, 15) is 4.79 Å². The number of halogens is 2. The normalized spacial score (nSPS) is 10.1. The van der Waals surface area contributed by atoms with Crippen molar-refractivity contribution in [2.75, 3.05) is 5.32 Å². The Kier molecular flexibility index (Phi) is 5.69. The Bertz CT molecular complexity index is 1070. The van der Waals surface area contributed by atoms with Crippen LogP contribution in [0, 0.1) is 18.3 Å². The van der Waals surface area contributed by atoms with Gasteiger partial charge in [0.2, 0.25) is 5.88 Å². The van der Waals surface area contributed by atoms with Gasteiger partial charge in [-0.25, -0.2) is 9.97 Å². The van der Waals surface area contributed by atoms with Gasteiger partial charge in [-0.1, -0.05) is 11.6 Å². The molecule has 2 heterocycles.